The Hall–Kier alpha value is -2.87. The van der Waals surface area contributed by atoms with Gasteiger partial charge in [0.15, 0.2) is 0 Å². The minimum absolute atomic E-state index is 0.183. The fraction of sp³-hybridized carbons (Fsp3) is 0.0500. The van der Waals surface area contributed by atoms with Crippen LogP contribution < -0.4 is 0 Å². The number of hydrogen-bond donors (Lipinski definition) is 1. The largest absolute Gasteiger partial charge is 0.506 e. The monoisotopic (exact) mass is 287 g/mol. The second-order valence-corrected chi connectivity index (χ2v) is 5.18. The van der Waals surface area contributed by atoms with Crippen LogP contribution in [0.1, 0.15) is 16.7 Å². The van der Waals surface area contributed by atoms with Crippen molar-refractivity contribution in [3.05, 3.63) is 95.6 Å². The number of phenols is 1. The first kappa shape index (κ1) is 14.1. The van der Waals surface area contributed by atoms with Gasteiger partial charge >= 0.3 is 0 Å². The van der Waals surface area contributed by atoms with Crippen molar-refractivity contribution in [2.45, 2.75) is 6.92 Å². The number of aromatic hydroxyl groups is 1. The summed E-state index contributed by atoms with van der Waals surface area (Å²) in [5, 5.41) is 9.99. The van der Waals surface area contributed by atoms with Gasteiger partial charge in [-0.05, 0) is 19.1 Å². The van der Waals surface area contributed by atoms with Crippen molar-refractivity contribution in [3.63, 3.8) is 0 Å². The van der Waals surface area contributed by atoms with E-state index in [1.54, 1.807) is 12.1 Å². The summed E-state index contributed by atoms with van der Waals surface area (Å²) in [5.74, 6) is 0.183. The summed E-state index contributed by atoms with van der Waals surface area (Å²) in [7, 11) is 0. The quantitative estimate of drug-likeness (QED) is 0.685. The van der Waals surface area contributed by atoms with E-state index in [1.165, 1.54) is 5.56 Å². The lowest BCUT2D eigenvalue weighted by Crippen LogP contribution is -2.02. The molecule has 0 unspecified atom stereocenters. The molecule has 2 nitrogen and oxygen atoms in total. The molecule has 1 N–H and O–H groups in total. The Morgan fingerprint density at radius 2 is 1.32 bits per heavy atom. The highest BCUT2D eigenvalue weighted by molar-refractivity contribution is 6.14. The summed E-state index contributed by atoms with van der Waals surface area (Å²) in [6.07, 6.45) is 0. The predicted molar refractivity (Wildman–Crippen MR) is 91.0 cm³/mol. The molecule has 0 spiro atoms. The van der Waals surface area contributed by atoms with E-state index in [9.17, 15) is 5.11 Å². The zero-order valence-electron chi connectivity index (χ0n) is 12.4. The van der Waals surface area contributed by atoms with Crippen molar-refractivity contribution < 1.29 is 5.11 Å². The zero-order chi connectivity index (χ0) is 15.4. The van der Waals surface area contributed by atoms with Crippen LogP contribution in [0.2, 0.25) is 0 Å². The van der Waals surface area contributed by atoms with E-state index in [-0.39, 0.29) is 5.75 Å². The van der Waals surface area contributed by atoms with Crippen LogP contribution >= 0.6 is 0 Å². The van der Waals surface area contributed by atoms with Gasteiger partial charge in [-0.2, -0.15) is 0 Å². The Morgan fingerprint density at radius 1 is 0.727 bits per heavy atom. The van der Waals surface area contributed by atoms with Gasteiger partial charge in [0, 0.05) is 11.1 Å². The molecule has 108 valence electrons. The normalized spacial score (nSPS) is 11.4. The van der Waals surface area contributed by atoms with Gasteiger partial charge in [-0.3, -0.25) is 0 Å². The van der Waals surface area contributed by atoms with Gasteiger partial charge in [-0.15, -0.1) is 0 Å². The van der Waals surface area contributed by atoms with Crippen LogP contribution in [0.25, 0.3) is 0 Å². The van der Waals surface area contributed by atoms with E-state index < -0.39 is 0 Å². The average Bonchev–Trinajstić information content (AvgIpc) is 2.56. The standard InChI is InChI=1S/C20H17NO/c1-15-11-13-17(14-12-15)20(16-7-3-2-4-8-16)21-18-9-5-6-10-19(18)22/h2-14,22H,1H3. The minimum atomic E-state index is 0.183. The van der Waals surface area contributed by atoms with Gasteiger partial charge in [0.2, 0.25) is 0 Å². The highest BCUT2D eigenvalue weighted by Crippen LogP contribution is 2.27. The van der Waals surface area contributed by atoms with E-state index in [4.69, 9.17) is 4.99 Å². The first-order chi connectivity index (χ1) is 10.7. The maximum Gasteiger partial charge on any atom is 0.141 e. The third kappa shape index (κ3) is 3.07. The molecule has 0 saturated heterocycles. The average molecular weight is 287 g/mol. The van der Waals surface area contributed by atoms with Crippen LogP contribution in [-0.2, 0) is 0 Å². The molecule has 0 atom stereocenters. The predicted octanol–water partition coefficient (Wildman–Crippen LogP) is 4.87. The Bertz CT molecular complexity index is 789. The van der Waals surface area contributed by atoms with Crippen molar-refractivity contribution in [1.82, 2.24) is 0 Å². The molecular formula is C20H17NO. The van der Waals surface area contributed by atoms with Gasteiger partial charge in [-0.25, -0.2) is 4.99 Å². The van der Waals surface area contributed by atoms with E-state index >= 15 is 0 Å². The Kier molecular flexibility index (Phi) is 4.01. The molecule has 3 rings (SSSR count). The van der Waals surface area contributed by atoms with Crippen molar-refractivity contribution in [2.24, 2.45) is 4.99 Å². The van der Waals surface area contributed by atoms with Crippen LogP contribution in [0, 0.1) is 6.92 Å². The van der Waals surface area contributed by atoms with Crippen molar-refractivity contribution in [1.29, 1.82) is 0 Å². The fourth-order valence-corrected chi connectivity index (χ4v) is 2.28. The third-order valence-corrected chi connectivity index (χ3v) is 3.49. The second kappa shape index (κ2) is 6.27. The van der Waals surface area contributed by atoms with E-state index in [0.29, 0.717) is 5.69 Å². The van der Waals surface area contributed by atoms with Crippen molar-refractivity contribution in [2.75, 3.05) is 0 Å². The first-order valence-electron chi connectivity index (χ1n) is 7.23. The molecule has 0 radical (unpaired) electrons. The third-order valence-electron chi connectivity index (χ3n) is 3.49. The number of hydrogen-bond acceptors (Lipinski definition) is 2. The lowest BCUT2D eigenvalue weighted by molar-refractivity contribution is 0.477. The number of benzene rings is 3. The summed E-state index contributed by atoms with van der Waals surface area (Å²) in [5.41, 5.74) is 4.68. The van der Waals surface area contributed by atoms with Crippen LogP contribution in [0.4, 0.5) is 5.69 Å². The van der Waals surface area contributed by atoms with E-state index in [2.05, 4.69) is 31.2 Å². The molecule has 0 bridgehead atoms. The zero-order valence-corrected chi connectivity index (χ0v) is 12.4. The molecule has 0 aliphatic carbocycles. The summed E-state index contributed by atoms with van der Waals surface area (Å²) in [6.45, 7) is 2.06. The topological polar surface area (TPSA) is 32.6 Å². The molecule has 22 heavy (non-hydrogen) atoms. The maximum absolute atomic E-state index is 9.99. The van der Waals surface area contributed by atoms with Crippen molar-refractivity contribution in [3.8, 4) is 5.75 Å². The molecule has 0 aliphatic heterocycles. The summed E-state index contributed by atoms with van der Waals surface area (Å²) < 4.78 is 0. The van der Waals surface area contributed by atoms with Crippen LogP contribution in [0.3, 0.4) is 0 Å². The minimum Gasteiger partial charge on any atom is -0.506 e. The lowest BCUT2D eigenvalue weighted by Gasteiger charge is -2.09. The van der Waals surface area contributed by atoms with E-state index in [1.807, 2.05) is 42.5 Å². The highest BCUT2D eigenvalue weighted by atomic mass is 16.3. The fourth-order valence-electron chi connectivity index (χ4n) is 2.28. The molecule has 0 amide bonds. The van der Waals surface area contributed by atoms with Crippen LogP contribution in [0.5, 0.6) is 5.75 Å². The summed E-state index contributed by atoms with van der Waals surface area (Å²) >= 11 is 0. The van der Waals surface area contributed by atoms with Gasteiger partial charge in [0.1, 0.15) is 11.4 Å². The Morgan fingerprint density at radius 3 is 2.00 bits per heavy atom. The van der Waals surface area contributed by atoms with Gasteiger partial charge in [0.25, 0.3) is 0 Å². The lowest BCUT2D eigenvalue weighted by atomic mass is 10.0. The molecule has 0 saturated carbocycles. The summed E-state index contributed by atoms with van der Waals surface area (Å²) in [6, 6.07) is 25.4. The van der Waals surface area contributed by atoms with Crippen LogP contribution in [0.15, 0.2) is 83.9 Å². The van der Waals surface area contributed by atoms with Gasteiger partial charge < -0.3 is 5.11 Å². The maximum atomic E-state index is 9.99. The number of nitrogens with zero attached hydrogens (tertiary/aromatic N) is 1. The molecule has 3 aromatic carbocycles. The van der Waals surface area contributed by atoms with Gasteiger partial charge in [-0.1, -0.05) is 72.3 Å². The number of para-hydroxylation sites is 2. The van der Waals surface area contributed by atoms with Crippen LogP contribution in [-0.4, -0.2) is 10.8 Å². The first-order valence-corrected chi connectivity index (χ1v) is 7.23. The second-order valence-electron chi connectivity index (χ2n) is 5.18. The Balaban J connectivity index is 2.15. The highest BCUT2D eigenvalue weighted by Gasteiger charge is 2.08. The number of rotatable bonds is 3. The number of aliphatic imine (C=N–C) groups is 1. The SMILES string of the molecule is Cc1ccc(C(=Nc2ccccc2O)c2ccccc2)cc1. The Labute approximate surface area is 130 Å². The molecule has 2 heteroatoms. The summed E-state index contributed by atoms with van der Waals surface area (Å²) in [4.78, 5) is 4.69. The molecule has 0 aromatic heterocycles. The number of aryl methyl sites for hydroxylation is 1. The molecule has 3 aromatic rings. The molecule has 0 fully saturated rings. The molecular weight excluding hydrogens is 270 g/mol. The number of phenolic OH excluding ortho intramolecular Hbond substituents is 1. The molecule has 0 aliphatic rings. The van der Waals surface area contributed by atoms with E-state index in [0.717, 1.165) is 16.8 Å². The van der Waals surface area contributed by atoms with Gasteiger partial charge in [0.05, 0.1) is 5.71 Å². The smallest absolute Gasteiger partial charge is 0.141 e. The van der Waals surface area contributed by atoms with Crippen molar-refractivity contribution >= 4 is 11.4 Å². The molecule has 0 heterocycles.